The number of para-hydroxylation sites is 2. The minimum Gasteiger partial charge on any atom is -0.244 e. The molecule has 0 spiro atoms. The first-order valence-corrected chi connectivity index (χ1v) is 15.7. The maximum absolute atomic E-state index is 5.08. The van der Waals surface area contributed by atoms with Crippen molar-refractivity contribution in [2.24, 2.45) is 0 Å². The summed E-state index contributed by atoms with van der Waals surface area (Å²) < 4.78 is 0. The van der Waals surface area contributed by atoms with Gasteiger partial charge < -0.3 is 0 Å². The molecule has 0 fully saturated rings. The smallest absolute Gasteiger partial charge is 0.0973 e. The van der Waals surface area contributed by atoms with Crippen LogP contribution in [0.2, 0.25) is 0 Å². The Hall–Kier alpha value is -5.34. The SMILES string of the molecule is C=C(/C=C\C=C/CC)c1ccc2c(c1)C(C)(C)c1cc(-c3ccc(-c4nc5ccccc5nc4-c4ccccc4)cc3)ccc1-2. The standard InChI is InChI=1S/C43H36N2/c1-5-6-7-9-14-29(2)33-23-25-35-36-26-24-34(28-38(36)43(3,4)37(35)27-33)30-19-21-32(22-20-30)42-41(31-15-10-8-11-16-31)44-39-17-12-13-18-40(39)45-42/h6-28H,2,5H2,1,3-4H3/b7-6-,14-9-. The molecule has 7 rings (SSSR count). The van der Waals surface area contributed by atoms with Crippen molar-refractivity contribution in [1.82, 2.24) is 9.97 Å². The molecule has 1 aliphatic carbocycles. The highest BCUT2D eigenvalue weighted by Gasteiger charge is 2.35. The monoisotopic (exact) mass is 580 g/mol. The molecule has 0 saturated carbocycles. The molecule has 5 aromatic carbocycles. The number of fused-ring (bicyclic) bond motifs is 4. The van der Waals surface area contributed by atoms with Crippen LogP contribution >= 0.6 is 0 Å². The van der Waals surface area contributed by atoms with Gasteiger partial charge >= 0.3 is 0 Å². The van der Waals surface area contributed by atoms with Gasteiger partial charge in [0.2, 0.25) is 0 Å². The third-order valence-corrected chi connectivity index (χ3v) is 8.94. The van der Waals surface area contributed by atoms with Gasteiger partial charge in [0.25, 0.3) is 0 Å². The lowest BCUT2D eigenvalue weighted by atomic mass is 9.81. The summed E-state index contributed by atoms with van der Waals surface area (Å²) in [5, 5.41) is 0. The number of hydrogen-bond acceptors (Lipinski definition) is 2. The molecule has 0 amide bonds. The Labute approximate surface area is 266 Å². The van der Waals surface area contributed by atoms with Gasteiger partial charge in [0, 0.05) is 16.5 Å². The third kappa shape index (κ3) is 5.23. The normalized spacial score (nSPS) is 13.4. The van der Waals surface area contributed by atoms with E-state index in [1.54, 1.807) is 0 Å². The zero-order chi connectivity index (χ0) is 31.0. The van der Waals surface area contributed by atoms with E-state index in [0.29, 0.717) is 0 Å². The zero-order valence-electron chi connectivity index (χ0n) is 26.1. The first kappa shape index (κ1) is 28.4. The second-order valence-corrected chi connectivity index (χ2v) is 12.2. The van der Waals surface area contributed by atoms with Crippen LogP contribution in [0.25, 0.3) is 61.4 Å². The summed E-state index contributed by atoms with van der Waals surface area (Å²) >= 11 is 0. The third-order valence-electron chi connectivity index (χ3n) is 8.94. The Morgan fingerprint density at radius 1 is 0.622 bits per heavy atom. The molecule has 0 unspecified atom stereocenters. The lowest BCUT2D eigenvalue weighted by Crippen LogP contribution is -2.15. The lowest BCUT2D eigenvalue weighted by molar-refractivity contribution is 0.660. The molecular weight excluding hydrogens is 544 g/mol. The number of aromatic nitrogens is 2. The quantitative estimate of drug-likeness (QED) is 0.176. The van der Waals surface area contributed by atoms with Crippen molar-refractivity contribution in [3.05, 3.63) is 163 Å². The van der Waals surface area contributed by atoms with Gasteiger partial charge in [0.15, 0.2) is 0 Å². The van der Waals surface area contributed by atoms with Gasteiger partial charge in [-0.15, -0.1) is 0 Å². The minimum atomic E-state index is -0.117. The van der Waals surface area contributed by atoms with Crippen molar-refractivity contribution in [2.45, 2.75) is 32.6 Å². The van der Waals surface area contributed by atoms with Crippen LogP contribution in [0.15, 0.2) is 146 Å². The Morgan fingerprint density at radius 3 is 1.84 bits per heavy atom. The predicted octanol–water partition coefficient (Wildman–Crippen LogP) is 11.5. The molecular formula is C43H36N2. The maximum atomic E-state index is 5.08. The minimum absolute atomic E-state index is 0.117. The summed E-state index contributed by atoms with van der Waals surface area (Å²) in [5.41, 5.74) is 15.5. The molecule has 0 radical (unpaired) electrons. The van der Waals surface area contributed by atoms with Crippen molar-refractivity contribution < 1.29 is 0 Å². The molecule has 0 bridgehead atoms. The van der Waals surface area contributed by atoms with Gasteiger partial charge in [-0.1, -0.05) is 143 Å². The fraction of sp³-hybridized carbons (Fsp3) is 0.116. The van der Waals surface area contributed by atoms with E-state index < -0.39 is 0 Å². The zero-order valence-corrected chi connectivity index (χ0v) is 26.1. The van der Waals surface area contributed by atoms with Crippen molar-refractivity contribution in [3.63, 3.8) is 0 Å². The van der Waals surface area contributed by atoms with Gasteiger partial charge in [-0.25, -0.2) is 9.97 Å². The Bertz CT molecular complexity index is 2110. The number of rotatable bonds is 7. The van der Waals surface area contributed by atoms with E-state index in [9.17, 15) is 0 Å². The summed E-state index contributed by atoms with van der Waals surface area (Å²) in [6.45, 7) is 11.1. The van der Waals surface area contributed by atoms with Gasteiger partial charge in [-0.2, -0.15) is 0 Å². The number of hydrogen-bond donors (Lipinski definition) is 0. The molecule has 0 atom stereocenters. The van der Waals surface area contributed by atoms with E-state index >= 15 is 0 Å². The van der Waals surface area contributed by atoms with Crippen LogP contribution < -0.4 is 0 Å². The van der Waals surface area contributed by atoms with Crippen molar-refractivity contribution in [2.75, 3.05) is 0 Å². The molecule has 45 heavy (non-hydrogen) atoms. The van der Waals surface area contributed by atoms with Gasteiger partial charge in [0.1, 0.15) is 0 Å². The number of benzene rings is 5. The van der Waals surface area contributed by atoms with Crippen LogP contribution in [0.1, 0.15) is 43.9 Å². The molecule has 0 N–H and O–H groups in total. The lowest BCUT2D eigenvalue weighted by Gasteiger charge is -2.22. The van der Waals surface area contributed by atoms with E-state index in [0.717, 1.165) is 45.5 Å². The summed E-state index contributed by atoms with van der Waals surface area (Å²) in [6, 6.07) is 40.9. The largest absolute Gasteiger partial charge is 0.244 e. The Balaban J connectivity index is 1.22. The molecule has 0 saturated heterocycles. The van der Waals surface area contributed by atoms with E-state index in [-0.39, 0.29) is 5.41 Å². The highest BCUT2D eigenvalue weighted by Crippen LogP contribution is 2.50. The molecule has 218 valence electrons. The number of nitrogens with zero attached hydrogens (tertiary/aromatic N) is 2. The van der Waals surface area contributed by atoms with Gasteiger partial charge in [-0.05, 0) is 75.2 Å². The van der Waals surface area contributed by atoms with Crippen LogP contribution in [-0.4, -0.2) is 9.97 Å². The summed E-state index contributed by atoms with van der Waals surface area (Å²) in [4.78, 5) is 10.1. The summed E-state index contributed by atoms with van der Waals surface area (Å²) in [6.07, 6.45) is 9.44. The van der Waals surface area contributed by atoms with Crippen LogP contribution in [-0.2, 0) is 5.41 Å². The van der Waals surface area contributed by atoms with Crippen LogP contribution in [0.5, 0.6) is 0 Å². The second-order valence-electron chi connectivity index (χ2n) is 12.2. The molecule has 2 heteroatoms. The molecule has 2 nitrogen and oxygen atoms in total. The van der Waals surface area contributed by atoms with Gasteiger partial charge in [-0.3, -0.25) is 0 Å². The van der Waals surface area contributed by atoms with Crippen LogP contribution in [0.3, 0.4) is 0 Å². The highest BCUT2D eigenvalue weighted by molar-refractivity contribution is 5.88. The molecule has 1 aromatic heterocycles. The van der Waals surface area contributed by atoms with E-state index in [1.807, 2.05) is 42.5 Å². The number of allylic oxidation sites excluding steroid dienone is 5. The Morgan fingerprint density at radius 2 is 1.18 bits per heavy atom. The predicted molar refractivity (Wildman–Crippen MR) is 191 cm³/mol. The van der Waals surface area contributed by atoms with E-state index in [4.69, 9.17) is 9.97 Å². The highest BCUT2D eigenvalue weighted by atomic mass is 14.8. The molecule has 0 aliphatic heterocycles. The fourth-order valence-corrected chi connectivity index (χ4v) is 6.42. The summed E-state index contributed by atoms with van der Waals surface area (Å²) in [7, 11) is 0. The Kier molecular flexibility index (Phi) is 7.35. The average Bonchev–Trinajstić information content (AvgIpc) is 3.31. The first-order valence-electron chi connectivity index (χ1n) is 15.7. The van der Waals surface area contributed by atoms with E-state index in [1.165, 1.54) is 38.9 Å². The van der Waals surface area contributed by atoms with Crippen molar-refractivity contribution in [3.8, 4) is 44.8 Å². The maximum Gasteiger partial charge on any atom is 0.0973 e. The van der Waals surface area contributed by atoms with Gasteiger partial charge in [0.05, 0.1) is 22.4 Å². The van der Waals surface area contributed by atoms with Crippen molar-refractivity contribution in [1.29, 1.82) is 0 Å². The summed E-state index contributed by atoms with van der Waals surface area (Å²) in [5.74, 6) is 0. The van der Waals surface area contributed by atoms with E-state index in [2.05, 4.69) is 124 Å². The first-order chi connectivity index (χ1) is 21.9. The second kappa shape index (κ2) is 11.6. The van der Waals surface area contributed by atoms with Crippen LogP contribution in [0.4, 0.5) is 0 Å². The average molecular weight is 581 g/mol. The fourth-order valence-electron chi connectivity index (χ4n) is 6.42. The molecule has 6 aromatic rings. The molecule has 1 aliphatic rings. The van der Waals surface area contributed by atoms with Crippen LogP contribution in [0, 0.1) is 0 Å². The molecule has 1 heterocycles. The van der Waals surface area contributed by atoms with Crippen molar-refractivity contribution >= 4 is 16.6 Å². The topological polar surface area (TPSA) is 25.8 Å².